The zero-order valence-corrected chi connectivity index (χ0v) is 17.7. The van der Waals surface area contributed by atoms with E-state index < -0.39 is 0 Å². The molecule has 148 valence electrons. The topological polar surface area (TPSA) is 72.3 Å². The van der Waals surface area contributed by atoms with Crippen molar-refractivity contribution in [2.45, 2.75) is 11.2 Å². The van der Waals surface area contributed by atoms with Crippen LogP contribution in [0, 0.1) is 0 Å². The fourth-order valence-corrected chi connectivity index (χ4v) is 4.16. The maximum atomic E-state index is 12.3. The first-order valence-electron chi connectivity index (χ1n) is 8.71. The van der Waals surface area contributed by atoms with Crippen LogP contribution in [0.5, 0.6) is 5.75 Å². The maximum absolute atomic E-state index is 12.3. The molecule has 0 aliphatic rings. The number of nitrogens with one attached hydrogen (secondary N) is 1. The number of aromatic nitrogens is 3. The van der Waals surface area contributed by atoms with Crippen LogP contribution in [0.4, 0.5) is 0 Å². The van der Waals surface area contributed by atoms with Gasteiger partial charge in [0.1, 0.15) is 12.1 Å². The number of carbonyl (C=O) groups is 1. The molecule has 0 fully saturated rings. The quantitative estimate of drug-likeness (QED) is 0.540. The third-order valence-corrected chi connectivity index (χ3v) is 5.89. The van der Waals surface area contributed by atoms with E-state index >= 15 is 0 Å². The van der Waals surface area contributed by atoms with Crippen LogP contribution in [0.15, 0.2) is 52.6 Å². The minimum atomic E-state index is -0.0311. The smallest absolute Gasteiger partial charge is 0.230 e. The second-order valence-corrected chi connectivity index (χ2v) is 8.03. The van der Waals surface area contributed by atoms with Crippen LogP contribution in [-0.4, -0.2) is 59.1 Å². The van der Waals surface area contributed by atoms with E-state index in [9.17, 15) is 4.79 Å². The van der Waals surface area contributed by atoms with Crippen LogP contribution in [-0.2, 0) is 4.79 Å². The third kappa shape index (κ3) is 5.12. The van der Waals surface area contributed by atoms with Crippen LogP contribution in [0.3, 0.4) is 0 Å². The van der Waals surface area contributed by atoms with Gasteiger partial charge in [0, 0.05) is 12.2 Å². The molecule has 1 unspecified atom stereocenters. The highest BCUT2D eigenvalue weighted by Gasteiger charge is 2.16. The Morgan fingerprint density at radius 1 is 1.32 bits per heavy atom. The molecule has 7 nitrogen and oxygen atoms in total. The number of benzene rings is 1. The van der Waals surface area contributed by atoms with Crippen molar-refractivity contribution >= 4 is 29.0 Å². The summed E-state index contributed by atoms with van der Waals surface area (Å²) < 4.78 is 7.04. The molecule has 0 radical (unpaired) electrons. The summed E-state index contributed by atoms with van der Waals surface area (Å²) in [6, 6.07) is 9.85. The van der Waals surface area contributed by atoms with Crippen molar-refractivity contribution in [2.75, 3.05) is 33.5 Å². The molecule has 1 atom stereocenters. The van der Waals surface area contributed by atoms with Crippen molar-refractivity contribution in [3.8, 4) is 11.4 Å². The number of hydrogen-bond acceptors (Lipinski definition) is 7. The Bertz CT molecular complexity index is 878. The number of hydrogen-bond donors (Lipinski definition) is 1. The largest absolute Gasteiger partial charge is 0.497 e. The van der Waals surface area contributed by atoms with Gasteiger partial charge in [-0.2, -0.15) is 11.3 Å². The highest BCUT2D eigenvalue weighted by molar-refractivity contribution is 7.99. The zero-order valence-electron chi connectivity index (χ0n) is 16.0. The van der Waals surface area contributed by atoms with Crippen molar-refractivity contribution in [2.24, 2.45) is 0 Å². The predicted octanol–water partition coefficient (Wildman–Crippen LogP) is 2.85. The van der Waals surface area contributed by atoms with Crippen molar-refractivity contribution < 1.29 is 9.53 Å². The summed E-state index contributed by atoms with van der Waals surface area (Å²) in [5.74, 6) is 1.03. The lowest BCUT2D eigenvalue weighted by molar-refractivity contribution is -0.118. The van der Waals surface area contributed by atoms with Gasteiger partial charge < -0.3 is 15.0 Å². The number of thioether (sulfide) groups is 1. The summed E-state index contributed by atoms with van der Waals surface area (Å²) in [5, 5.41) is 16.0. The molecular formula is C19H23N5O2S2. The summed E-state index contributed by atoms with van der Waals surface area (Å²) in [6.45, 7) is 0.564. The van der Waals surface area contributed by atoms with E-state index in [1.165, 1.54) is 17.3 Å². The Kier molecular flexibility index (Phi) is 7.07. The number of carbonyl (C=O) groups excluding carboxylic acids is 1. The summed E-state index contributed by atoms with van der Waals surface area (Å²) in [7, 11) is 5.66. The Hall–Kier alpha value is -2.36. The molecular weight excluding hydrogens is 394 g/mol. The van der Waals surface area contributed by atoms with Crippen molar-refractivity contribution in [3.05, 3.63) is 53.0 Å². The molecule has 2 aromatic heterocycles. The normalized spacial score (nSPS) is 12.1. The van der Waals surface area contributed by atoms with Gasteiger partial charge in [-0.15, -0.1) is 10.2 Å². The SMILES string of the molecule is COc1ccc(-n2cnnc2SCC(=O)NCC(c2ccsc2)N(C)C)cc1. The predicted molar refractivity (Wildman–Crippen MR) is 112 cm³/mol. The molecule has 3 rings (SSSR count). The summed E-state index contributed by atoms with van der Waals surface area (Å²) in [4.78, 5) is 14.5. The van der Waals surface area contributed by atoms with E-state index in [4.69, 9.17) is 4.74 Å². The highest BCUT2D eigenvalue weighted by Crippen LogP contribution is 2.22. The van der Waals surface area contributed by atoms with Gasteiger partial charge in [-0.05, 0) is 60.8 Å². The van der Waals surface area contributed by atoms with Gasteiger partial charge in [0.2, 0.25) is 5.91 Å². The standard InChI is InChI=1S/C19H23N5O2S2/c1-23(2)17(14-8-9-27-11-14)10-20-18(25)12-28-19-22-21-13-24(19)15-4-6-16(26-3)7-5-15/h4-9,11,13,17H,10,12H2,1-3H3,(H,20,25). The first-order chi connectivity index (χ1) is 13.6. The Morgan fingerprint density at radius 3 is 2.75 bits per heavy atom. The number of amides is 1. The molecule has 3 aromatic rings. The molecule has 0 saturated carbocycles. The first kappa shape index (κ1) is 20.4. The highest BCUT2D eigenvalue weighted by atomic mass is 32.2. The molecule has 1 N–H and O–H groups in total. The van der Waals surface area contributed by atoms with E-state index in [-0.39, 0.29) is 17.7 Å². The van der Waals surface area contributed by atoms with Gasteiger partial charge in [-0.3, -0.25) is 9.36 Å². The average Bonchev–Trinajstić information content (AvgIpc) is 3.38. The molecule has 0 spiro atoms. The minimum absolute atomic E-state index is 0.0311. The average molecular weight is 418 g/mol. The van der Waals surface area contributed by atoms with E-state index in [0.29, 0.717) is 11.7 Å². The van der Waals surface area contributed by atoms with Gasteiger partial charge in [-0.25, -0.2) is 0 Å². The molecule has 0 bridgehead atoms. The number of rotatable bonds is 9. The lowest BCUT2D eigenvalue weighted by atomic mass is 10.1. The number of ether oxygens (including phenoxy) is 1. The summed E-state index contributed by atoms with van der Waals surface area (Å²) in [5.41, 5.74) is 2.13. The van der Waals surface area contributed by atoms with Crippen LogP contribution in [0.2, 0.25) is 0 Å². The molecule has 0 aliphatic carbocycles. The van der Waals surface area contributed by atoms with Gasteiger partial charge in [-0.1, -0.05) is 11.8 Å². The zero-order chi connectivity index (χ0) is 19.9. The lowest BCUT2D eigenvalue weighted by Gasteiger charge is -2.23. The fraction of sp³-hybridized carbons (Fsp3) is 0.316. The monoisotopic (exact) mass is 417 g/mol. The first-order valence-corrected chi connectivity index (χ1v) is 10.6. The van der Waals surface area contributed by atoms with Gasteiger partial charge in [0.15, 0.2) is 5.16 Å². The second kappa shape index (κ2) is 9.72. The van der Waals surface area contributed by atoms with E-state index in [2.05, 4.69) is 37.2 Å². The maximum Gasteiger partial charge on any atom is 0.230 e. The van der Waals surface area contributed by atoms with Crippen LogP contribution in [0.1, 0.15) is 11.6 Å². The van der Waals surface area contributed by atoms with Crippen LogP contribution < -0.4 is 10.1 Å². The molecule has 2 heterocycles. The number of likely N-dealkylation sites (N-methyl/N-ethyl adjacent to an activating group) is 1. The Morgan fingerprint density at radius 2 is 2.11 bits per heavy atom. The van der Waals surface area contributed by atoms with E-state index in [1.807, 2.05) is 42.9 Å². The third-order valence-electron chi connectivity index (χ3n) is 4.24. The van der Waals surface area contributed by atoms with E-state index in [1.54, 1.807) is 24.8 Å². The summed E-state index contributed by atoms with van der Waals surface area (Å²) in [6.07, 6.45) is 1.64. The van der Waals surface area contributed by atoms with Crippen molar-refractivity contribution in [1.29, 1.82) is 0 Å². The number of methoxy groups -OCH3 is 1. The molecule has 0 saturated heterocycles. The molecule has 0 aliphatic heterocycles. The van der Waals surface area contributed by atoms with E-state index in [0.717, 1.165) is 11.4 Å². The van der Waals surface area contributed by atoms with Gasteiger partial charge in [0.05, 0.1) is 18.9 Å². The molecule has 9 heteroatoms. The summed E-state index contributed by atoms with van der Waals surface area (Å²) >= 11 is 3.02. The van der Waals surface area contributed by atoms with Gasteiger partial charge >= 0.3 is 0 Å². The molecule has 28 heavy (non-hydrogen) atoms. The number of thiophene rings is 1. The van der Waals surface area contributed by atoms with Crippen LogP contribution in [0.25, 0.3) is 5.69 Å². The number of nitrogens with zero attached hydrogens (tertiary/aromatic N) is 4. The lowest BCUT2D eigenvalue weighted by Crippen LogP contribution is -2.35. The molecule has 1 amide bonds. The minimum Gasteiger partial charge on any atom is -0.497 e. The Labute approximate surface area is 172 Å². The second-order valence-electron chi connectivity index (χ2n) is 6.31. The Balaban J connectivity index is 1.56. The fourth-order valence-electron chi connectivity index (χ4n) is 2.70. The van der Waals surface area contributed by atoms with Gasteiger partial charge in [0.25, 0.3) is 0 Å². The van der Waals surface area contributed by atoms with Crippen LogP contribution >= 0.6 is 23.1 Å². The van der Waals surface area contributed by atoms with Crippen molar-refractivity contribution in [3.63, 3.8) is 0 Å². The van der Waals surface area contributed by atoms with Crippen molar-refractivity contribution in [1.82, 2.24) is 25.0 Å². The molecule has 1 aromatic carbocycles.